The van der Waals surface area contributed by atoms with Gasteiger partial charge in [-0.1, -0.05) is 29.3 Å². The van der Waals surface area contributed by atoms with Crippen molar-refractivity contribution in [3.05, 3.63) is 63.6 Å². The maximum absolute atomic E-state index is 12.5. The van der Waals surface area contributed by atoms with Crippen LogP contribution in [-0.2, 0) is 15.7 Å². The minimum atomic E-state index is -4.51. The average molecular weight is 406 g/mol. The van der Waals surface area contributed by atoms with Crippen molar-refractivity contribution in [2.45, 2.75) is 19.2 Å². The van der Waals surface area contributed by atoms with E-state index < -0.39 is 29.7 Å². The third kappa shape index (κ3) is 4.89. The highest BCUT2D eigenvalue weighted by atomic mass is 35.5. The number of amides is 1. The predicted molar refractivity (Wildman–Crippen MR) is 91.4 cm³/mol. The van der Waals surface area contributed by atoms with Crippen molar-refractivity contribution in [3.63, 3.8) is 0 Å². The molecule has 2 aromatic carbocycles. The Labute approximate surface area is 156 Å². The number of carbonyl (C=O) groups is 2. The van der Waals surface area contributed by atoms with E-state index in [1.54, 1.807) is 6.07 Å². The topological polar surface area (TPSA) is 55.4 Å². The zero-order chi connectivity index (χ0) is 19.5. The number of esters is 1. The maximum Gasteiger partial charge on any atom is 0.416 e. The molecule has 0 aliphatic heterocycles. The van der Waals surface area contributed by atoms with Crippen LogP contribution in [0, 0.1) is 0 Å². The SMILES string of the molecule is CC(OC(=O)c1ccc(C(F)(F)F)cc1)C(=O)Nc1cccc(Cl)c1Cl. The summed E-state index contributed by atoms with van der Waals surface area (Å²) in [6.45, 7) is 1.32. The van der Waals surface area contributed by atoms with E-state index in [2.05, 4.69) is 5.32 Å². The molecule has 1 unspecified atom stereocenters. The van der Waals surface area contributed by atoms with Gasteiger partial charge in [-0.25, -0.2) is 4.79 Å². The molecule has 0 spiro atoms. The third-order valence-corrected chi connectivity index (χ3v) is 4.13. The number of nitrogens with one attached hydrogen (secondary N) is 1. The summed E-state index contributed by atoms with van der Waals surface area (Å²) in [5.74, 6) is -1.60. The van der Waals surface area contributed by atoms with Crippen molar-refractivity contribution < 1.29 is 27.5 Å². The molecule has 0 heterocycles. The number of ether oxygens (including phenoxy) is 1. The van der Waals surface area contributed by atoms with Crippen molar-refractivity contribution in [3.8, 4) is 0 Å². The van der Waals surface area contributed by atoms with Crippen LogP contribution < -0.4 is 5.32 Å². The van der Waals surface area contributed by atoms with E-state index in [1.165, 1.54) is 19.1 Å². The standard InChI is InChI=1S/C17H12Cl2F3NO3/c1-9(15(24)23-13-4-2-3-12(18)14(13)19)26-16(25)10-5-7-11(8-6-10)17(20,21)22/h2-9H,1H3,(H,23,24). The van der Waals surface area contributed by atoms with E-state index in [9.17, 15) is 22.8 Å². The van der Waals surface area contributed by atoms with Crippen LogP contribution >= 0.6 is 23.2 Å². The molecule has 9 heteroatoms. The Kier molecular flexibility index (Phi) is 6.15. The summed E-state index contributed by atoms with van der Waals surface area (Å²) in [7, 11) is 0. The summed E-state index contributed by atoms with van der Waals surface area (Å²) in [6, 6.07) is 8.08. The van der Waals surface area contributed by atoms with Crippen molar-refractivity contribution in [1.29, 1.82) is 0 Å². The number of hydrogen-bond donors (Lipinski definition) is 1. The van der Waals surface area contributed by atoms with E-state index in [0.717, 1.165) is 24.3 Å². The fourth-order valence-electron chi connectivity index (χ4n) is 1.91. The van der Waals surface area contributed by atoms with Crippen molar-refractivity contribution >= 4 is 40.8 Å². The zero-order valence-corrected chi connectivity index (χ0v) is 14.7. The molecule has 0 saturated heterocycles. The summed E-state index contributed by atoms with van der Waals surface area (Å²) in [5, 5.41) is 2.82. The Morgan fingerprint density at radius 2 is 1.69 bits per heavy atom. The molecular formula is C17H12Cl2F3NO3. The lowest BCUT2D eigenvalue weighted by Crippen LogP contribution is -2.30. The smallest absolute Gasteiger partial charge is 0.416 e. The molecular weight excluding hydrogens is 394 g/mol. The highest BCUT2D eigenvalue weighted by Crippen LogP contribution is 2.30. The van der Waals surface area contributed by atoms with Crippen LogP contribution in [0.4, 0.5) is 18.9 Å². The number of carbonyl (C=O) groups excluding carboxylic acids is 2. The fraction of sp³-hybridized carbons (Fsp3) is 0.176. The largest absolute Gasteiger partial charge is 0.449 e. The lowest BCUT2D eigenvalue weighted by Gasteiger charge is -2.15. The third-order valence-electron chi connectivity index (χ3n) is 3.31. The fourth-order valence-corrected chi connectivity index (χ4v) is 2.26. The van der Waals surface area contributed by atoms with E-state index in [4.69, 9.17) is 27.9 Å². The predicted octanol–water partition coefficient (Wildman–Crippen LogP) is 5.20. The van der Waals surface area contributed by atoms with Crippen molar-refractivity contribution in [2.24, 2.45) is 0 Å². The highest BCUT2D eigenvalue weighted by Gasteiger charge is 2.30. The summed E-state index contributed by atoms with van der Waals surface area (Å²) in [6.07, 6.45) is -5.72. The first kappa shape index (κ1) is 20.1. The van der Waals surface area contributed by atoms with Gasteiger partial charge in [-0.3, -0.25) is 4.79 Å². The van der Waals surface area contributed by atoms with Gasteiger partial charge in [0.25, 0.3) is 5.91 Å². The monoisotopic (exact) mass is 405 g/mol. The van der Waals surface area contributed by atoms with E-state index in [1.807, 2.05) is 0 Å². The normalized spacial score (nSPS) is 12.4. The Balaban J connectivity index is 2.02. The second kappa shape index (κ2) is 7.97. The summed E-state index contributed by atoms with van der Waals surface area (Å²) >= 11 is 11.8. The quantitative estimate of drug-likeness (QED) is 0.711. The van der Waals surface area contributed by atoms with Crippen LogP contribution in [0.15, 0.2) is 42.5 Å². The minimum absolute atomic E-state index is 0.113. The van der Waals surface area contributed by atoms with Gasteiger partial charge >= 0.3 is 12.1 Å². The van der Waals surface area contributed by atoms with Gasteiger partial charge in [-0.2, -0.15) is 13.2 Å². The molecule has 1 N–H and O–H groups in total. The Morgan fingerprint density at radius 3 is 2.27 bits per heavy atom. The van der Waals surface area contributed by atoms with Crippen LogP contribution in [-0.4, -0.2) is 18.0 Å². The number of halogens is 5. The highest BCUT2D eigenvalue weighted by molar-refractivity contribution is 6.44. The van der Waals surface area contributed by atoms with Gasteiger partial charge in [-0.15, -0.1) is 0 Å². The summed E-state index contributed by atoms with van der Waals surface area (Å²) in [4.78, 5) is 24.1. The van der Waals surface area contributed by atoms with Gasteiger partial charge in [0.1, 0.15) is 0 Å². The van der Waals surface area contributed by atoms with Crippen LogP contribution in [0.5, 0.6) is 0 Å². The van der Waals surface area contributed by atoms with Gasteiger partial charge in [0.15, 0.2) is 6.10 Å². The van der Waals surface area contributed by atoms with Crippen LogP contribution in [0.1, 0.15) is 22.8 Å². The molecule has 4 nitrogen and oxygen atoms in total. The molecule has 2 rings (SSSR count). The van der Waals surface area contributed by atoms with Gasteiger partial charge in [0.05, 0.1) is 26.9 Å². The Bertz CT molecular complexity index is 823. The zero-order valence-electron chi connectivity index (χ0n) is 13.2. The second-order valence-corrected chi connectivity index (χ2v) is 6.00. The van der Waals surface area contributed by atoms with Crippen molar-refractivity contribution in [2.75, 3.05) is 5.32 Å². The molecule has 0 saturated carbocycles. The summed E-state index contributed by atoms with van der Waals surface area (Å²) < 4.78 is 42.5. The van der Waals surface area contributed by atoms with E-state index in [-0.39, 0.29) is 21.3 Å². The molecule has 1 atom stereocenters. The molecule has 26 heavy (non-hydrogen) atoms. The molecule has 0 radical (unpaired) electrons. The Morgan fingerprint density at radius 1 is 1.08 bits per heavy atom. The number of hydrogen-bond acceptors (Lipinski definition) is 3. The lowest BCUT2D eigenvalue weighted by atomic mass is 10.1. The molecule has 0 aliphatic carbocycles. The minimum Gasteiger partial charge on any atom is -0.449 e. The molecule has 138 valence electrons. The molecule has 2 aromatic rings. The van der Waals surface area contributed by atoms with E-state index >= 15 is 0 Å². The first-order chi connectivity index (χ1) is 12.1. The number of alkyl halides is 3. The van der Waals surface area contributed by atoms with Gasteiger partial charge in [0, 0.05) is 0 Å². The van der Waals surface area contributed by atoms with Crippen LogP contribution in [0.2, 0.25) is 10.0 Å². The van der Waals surface area contributed by atoms with Gasteiger partial charge in [-0.05, 0) is 43.3 Å². The molecule has 0 bridgehead atoms. The molecule has 0 aromatic heterocycles. The van der Waals surface area contributed by atoms with Crippen molar-refractivity contribution in [1.82, 2.24) is 0 Å². The Hall–Kier alpha value is -2.25. The first-order valence-electron chi connectivity index (χ1n) is 7.22. The van der Waals surface area contributed by atoms with Gasteiger partial charge < -0.3 is 10.1 Å². The number of anilines is 1. The second-order valence-electron chi connectivity index (χ2n) is 5.21. The number of benzene rings is 2. The average Bonchev–Trinajstić information content (AvgIpc) is 2.58. The maximum atomic E-state index is 12.5. The van der Waals surface area contributed by atoms with E-state index in [0.29, 0.717) is 0 Å². The number of rotatable bonds is 4. The first-order valence-corrected chi connectivity index (χ1v) is 7.98. The lowest BCUT2D eigenvalue weighted by molar-refractivity contribution is -0.137. The molecule has 0 aliphatic rings. The van der Waals surface area contributed by atoms with Crippen LogP contribution in [0.25, 0.3) is 0 Å². The summed E-state index contributed by atoms with van der Waals surface area (Å²) in [5.41, 5.74) is -0.768. The molecule has 0 fully saturated rings. The van der Waals surface area contributed by atoms with Crippen LogP contribution in [0.3, 0.4) is 0 Å². The molecule has 1 amide bonds. The van der Waals surface area contributed by atoms with Gasteiger partial charge in [0.2, 0.25) is 0 Å².